The molecule has 0 aliphatic carbocycles. The molecule has 0 aliphatic rings. The molecular formula is C22H17BrCl2N4O. The van der Waals surface area contributed by atoms with Crippen LogP contribution in [0.3, 0.4) is 0 Å². The van der Waals surface area contributed by atoms with E-state index in [-0.39, 0.29) is 5.91 Å². The summed E-state index contributed by atoms with van der Waals surface area (Å²) in [6.45, 7) is 1.92. The number of rotatable bonds is 4. The SMILES string of the molecule is Cc1cc(Cl)cc(Cl)c1Nc1nc2cc(C(=O)Nc3ccc(Br)cc3)ccc2n1C. The van der Waals surface area contributed by atoms with Gasteiger partial charge in [0.25, 0.3) is 5.91 Å². The van der Waals surface area contributed by atoms with E-state index in [1.807, 2.05) is 54.9 Å². The van der Waals surface area contributed by atoms with E-state index in [4.69, 9.17) is 23.2 Å². The molecule has 0 saturated heterocycles. The van der Waals surface area contributed by atoms with Gasteiger partial charge in [-0.2, -0.15) is 0 Å². The quantitative estimate of drug-likeness (QED) is 0.317. The van der Waals surface area contributed by atoms with Crippen molar-refractivity contribution in [1.82, 2.24) is 9.55 Å². The molecule has 0 saturated carbocycles. The Kier molecular flexibility index (Phi) is 5.73. The highest BCUT2D eigenvalue weighted by Crippen LogP contribution is 2.32. The van der Waals surface area contributed by atoms with Crippen molar-refractivity contribution < 1.29 is 4.79 Å². The van der Waals surface area contributed by atoms with Gasteiger partial charge in [-0.15, -0.1) is 0 Å². The minimum absolute atomic E-state index is 0.198. The van der Waals surface area contributed by atoms with Crippen LogP contribution < -0.4 is 10.6 Å². The molecule has 152 valence electrons. The zero-order valence-corrected chi connectivity index (χ0v) is 19.2. The third kappa shape index (κ3) is 4.17. The van der Waals surface area contributed by atoms with Gasteiger partial charge < -0.3 is 15.2 Å². The Morgan fingerprint density at radius 3 is 2.50 bits per heavy atom. The van der Waals surface area contributed by atoms with E-state index in [2.05, 4.69) is 31.5 Å². The van der Waals surface area contributed by atoms with Gasteiger partial charge in [0.2, 0.25) is 5.95 Å². The number of benzene rings is 3. The summed E-state index contributed by atoms with van der Waals surface area (Å²) in [5.41, 5.74) is 4.49. The maximum atomic E-state index is 12.6. The van der Waals surface area contributed by atoms with E-state index in [1.54, 1.807) is 18.2 Å². The molecule has 0 bridgehead atoms. The van der Waals surface area contributed by atoms with Crippen molar-refractivity contribution in [1.29, 1.82) is 0 Å². The summed E-state index contributed by atoms with van der Waals surface area (Å²) in [5, 5.41) is 7.26. The Morgan fingerprint density at radius 2 is 1.80 bits per heavy atom. The van der Waals surface area contributed by atoms with Gasteiger partial charge in [0.15, 0.2) is 0 Å². The van der Waals surface area contributed by atoms with Crippen LogP contribution in [0.2, 0.25) is 10.0 Å². The number of aromatic nitrogens is 2. The predicted molar refractivity (Wildman–Crippen MR) is 127 cm³/mol. The number of anilines is 3. The second-order valence-electron chi connectivity index (χ2n) is 6.86. The molecule has 0 atom stereocenters. The van der Waals surface area contributed by atoms with Crippen LogP contribution in [-0.4, -0.2) is 15.5 Å². The van der Waals surface area contributed by atoms with Gasteiger partial charge >= 0.3 is 0 Å². The van der Waals surface area contributed by atoms with Crippen molar-refractivity contribution in [3.05, 3.63) is 80.2 Å². The first-order valence-electron chi connectivity index (χ1n) is 9.08. The van der Waals surface area contributed by atoms with E-state index < -0.39 is 0 Å². The lowest BCUT2D eigenvalue weighted by Gasteiger charge is -2.11. The van der Waals surface area contributed by atoms with Crippen LogP contribution in [0.15, 0.2) is 59.1 Å². The van der Waals surface area contributed by atoms with Crippen LogP contribution in [0.4, 0.5) is 17.3 Å². The number of halogens is 3. The number of fused-ring (bicyclic) bond motifs is 1. The summed E-state index contributed by atoms with van der Waals surface area (Å²) >= 11 is 15.8. The van der Waals surface area contributed by atoms with Crippen molar-refractivity contribution >= 4 is 73.4 Å². The first kappa shape index (κ1) is 20.7. The number of carbonyl (C=O) groups excluding carboxylic acids is 1. The average molecular weight is 504 g/mol. The molecule has 30 heavy (non-hydrogen) atoms. The fraction of sp³-hybridized carbons (Fsp3) is 0.0909. The molecule has 8 heteroatoms. The van der Waals surface area contributed by atoms with Crippen LogP contribution in [0.1, 0.15) is 15.9 Å². The maximum Gasteiger partial charge on any atom is 0.255 e. The zero-order chi connectivity index (χ0) is 21.4. The highest BCUT2D eigenvalue weighted by molar-refractivity contribution is 9.10. The number of imidazole rings is 1. The standard InChI is InChI=1S/C22H17BrCl2N4O/c1-12-9-15(24)11-17(25)20(12)28-22-27-18-10-13(3-8-19(18)29(22)2)21(30)26-16-6-4-14(23)5-7-16/h3-11H,1-2H3,(H,26,30)(H,27,28). The highest BCUT2D eigenvalue weighted by Gasteiger charge is 2.14. The van der Waals surface area contributed by atoms with E-state index in [0.717, 1.165) is 26.9 Å². The molecule has 1 heterocycles. The molecule has 5 nitrogen and oxygen atoms in total. The minimum Gasteiger partial charge on any atom is -0.324 e. The Hall–Kier alpha value is -2.54. The third-order valence-corrected chi connectivity index (χ3v) is 5.78. The molecule has 2 N–H and O–H groups in total. The van der Waals surface area contributed by atoms with Crippen LogP contribution in [0, 0.1) is 6.92 Å². The van der Waals surface area contributed by atoms with Crippen molar-refractivity contribution in [2.24, 2.45) is 7.05 Å². The lowest BCUT2D eigenvalue weighted by atomic mass is 10.2. The van der Waals surface area contributed by atoms with Crippen molar-refractivity contribution in [2.45, 2.75) is 6.92 Å². The molecule has 0 fully saturated rings. The summed E-state index contributed by atoms with van der Waals surface area (Å²) in [5.74, 6) is 0.416. The number of carbonyl (C=O) groups is 1. The Balaban J connectivity index is 1.63. The maximum absolute atomic E-state index is 12.6. The van der Waals surface area contributed by atoms with Crippen LogP contribution >= 0.6 is 39.1 Å². The van der Waals surface area contributed by atoms with Gasteiger partial charge in [-0.25, -0.2) is 4.98 Å². The Labute approximate surface area is 192 Å². The third-order valence-electron chi connectivity index (χ3n) is 4.73. The van der Waals surface area contributed by atoms with E-state index >= 15 is 0 Å². The normalized spacial score (nSPS) is 11.0. The minimum atomic E-state index is -0.198. The molecule has 0 radical (unpaired) electrons. The summed E-state index contributed by atoms with van der Waals surface area (Å²) in [6.07, 6.45) is 0. The molecular weight excluding hydrogens is 487 g/mol. The van der Waals surface area contributed by atoms with E-state index in [0.29, 0.717) is 27.1 Å². The number of nitrogens with zero attached hydrogens (tertiary/aromatic N) is 2. The zero-order valence-electron chi connectivity index (χ0n) is 16.1. The van der Waals surface area contributed by atoms with Gasteiger partial charge in [0.1, 0.15) is 0 Å². The smallest absolute Gasteiger partial charge is 0.255 e. The number of amides is 1. The Morgan fingerprint density at radius 1 is 1.07 bits per heavy atom. The monoisotopic (exact) mass is 502 g/mol. The summed E-state index contributed by atoms with van der Waals surface area (Å²) in [6, 6.07) is 16.4. The lowest BCUT2D eigenvalue weighted by molar-refractivity contribution is 0.102. The number of aryl methyl sites for hydroxylation is 2. The van der Waals surface area contributed by atoms with E-state index in [9.17, 15) is 4.79 Å². The largest absolute Gasteiger partial charge is 0.324 e. The van der Waals surface area contributed by atoms with Gasteiger partial charge in [-0.05, 0) is 67.1 Å². The predicted octanol–water partition coefficient (Wildman–Crippen LogP) is 6.95. The molecule has 0 aliphatic heterocycles. The van der Waals surface area contributed by atoms with Crippen molar-refractivity contribution in [3.8, 4) is 0 Å². The topological polar surface area (TPSA) is 59.0 Å². The van der Waals surface area contributed by atoms with Gasteiger partial charge in [0.05, 0.1) is 21.7 Å². The molecule has 4 rings (SSSR count). The number of hydrogen-bond donors (Lipinski definition) is 2. The van der Waals surface area contributed by atoms with Gasteiger partial charge in [-0.1, -0.05) is 39.1 Å². The van der Waals surface area contributed by atoms with Gasteiger partial charge in [-0.3, -0.25) is 4.79 Å². The summed E-state index contributed by atoms with van der Waals surface area (Å²) in [4.78, 5) is 17.3. The molecule has 4 aromatic rings. The fourth-order valence-corrected chi connectivity index (χ4v) is 4.07. The van der Waals surface area contributed by atoms with Crippen molar-refractivity contribution in [2.75, 3.05) is 10.6 Å². The Bertz CT molecular complexity index is 1250. The lowest BCUT2D eigenvalue weighted by Crippen LogP contribution is -2.11. The van der Waals surface area contributed by atoms with E-state index in [1.165, 1.54) is 0 Å². The fourth-order valence-electron chi connectivity index (χ4n) is 3.16. The van der Waals surface area contributed by atoms with Crippen LogP contribution in [0.25, 0.3) is 11.0 Å². The summed E-state index contributed by atoms with van der Waals surface area (Å²) < 4.78 is 2.86. The highest BCUT2D eigenvalue weighted by atomic mass is 79.9. The van der Waals surface area contributed by atoms with Crippen LogP contribution in [0.5, 0.6) is 0 Å². The number of nitrogens with one attached hydrogen (secondary N) is 2. The second kappa shape index (κ2) is 8.30. The summed E-state index contributed by atoms with van der Waals surface area (Å²) in [7, 11) is 1.90. The first-order valence-corrected chi connectivity index (χ1v) is 10.6. The molecule has 0 unspecified atom stereocenters. The molecule has 3 aromatic carbocycles. The first-order chi connectivity index (χ1) is 14.3. The van der Waals surface area contributed by atoms with Gasteiger partial charge in [0, 0.05) is 27.8 Å². The molecule has 1 aromatic heterocycles. The average Bonchev–Trinajstić information content (AvgIpc) is 3.01. The number of hydrogen-bond acceptors (Lipinski definition) is 3. The van der Waals surface area contributed by atoms with Crippen molar-refractivity contribution in [3.63, 3.8) is 0 Å². The molecule has 0 spiro atoms. The second-order valence-corrected chi connectivity index (χ2v) is 8.62. The van der Waals surface area contributed by atoms with Crippen LogP contribution in [-0.2, 0) is 7.05 Å². The molecule has 1 amide bonds.